The monoisotopic (exact) mass is 455 g/mol. The summed E-state index contributed by atoms with van der Waals surface area (Å²) in [6.07, 6.45) is 0. The van der Waals surface area contributed by atoms with Crippen LogP contribution in [0.1, 0.15) is 41.2 Å². The molecule has 0 aliphatic carbocycles. The van der Waals surface area contributed by atoms with Crippen LogP contribution in [-0.2, 0) is 13.1 Å². The molecule has 0 atom stereocenters. The molecule has 1 heterocycles. The summed E-state index contributed by atoms with van der Waals surface area (Å²) in [5, 5.41) is 11.2. The van der Waals surface area contributed by atoms with E-state index in [1.54, 1.807) is 4.68 Å². The van der Waals surface area contributed by atoms with Crippen LogP contribution < -0.4 is 5.32 Å². The summed E-state index contributed by atoms with van der Waals surface area (Å²) >= 11 is 3.45. The first-order valence-electron chi connectivity index (χ1n) is 9.78. The maximum absolute atomic E-state index is 12.6. The standard InChI is InChI=1S/C22H26BrN5O/c1-4-27(5-2)15-18-11-9-17(10-12-18)14-24-22(29)21-16(3)28(26-25-21)20-8-6-7-19(23)13-20/h6-13H,4-5,14-15H2,1-3H3,(H,24,29). The van der Waals surface area contributed by atoms with E-state index in [1.807, 2.05) is 31.2 Å². The topological polar surface area (TPSA) is 63.1 Å². The number of rotatable bonds is 8. The number of benzene rings is 2. The third-order valence-electron chi connectivity index (χ3n) is 4.94. The summed E-state index contributed by atoms with van der Waals surface area (Å²) in [4.78, 5) is 15.0. The summed E-state index contributed by atoms with van der Waals surface area (Å²) in [5.74, 6) is -0.226. The molecule has 1 aromatic heterocycles. The SMILES string of the molecule is CCN(CC)Cc1ccc(CNC(=O)c2nnn(-c3cccc(Br)c3)c2C)cc1. The Kier molecular flexibility index (Phi) is 7.17. The van der Waals surface area contributed by atoms with E-state index in [0.29, 0.717) is 17.9 Å². The molecule has 0 unspecified atom stereocenters. The summed E-state index contributed by atoms with van der Waals surface area (Å²) in [5.41, 5.74) is 4.22. The summed E-state index contributed by atoms with van der Waals surface area (Å²) < 4.78 is 2.61. The van der Waals surface area contributed by atoms with Gasteiger partial charge in [0.25, 0.3) is 5.91 Å². The van der Waals surface area contributed by atoms with Crippen LogP contribution in [0.4, 0.5) is 0 Å². The predicted octanol–water partition coefficient (Wildman–Crippen LogP) is 4.11. The van der Waals surface area contributed by atoms with Crippen molar-refractivity contribution in [3.63, 3.8) is 0 Å². The molecule has 0 spiro atoms. The molecule has 29 heavy (non-hydrogen) atoms. The van der Waals surface area contributed by atoms with Gasteiger partial charge in [0, 0.05) is 17.6 Å². The smallest absolute Gasteiger partial charge is 0.274 e. The van der Waals surface area contributed by atoms with E-state index in [-0.39, 0.29) is 5.91 Å². The Morgan fingerprint density at radius 1 is 1.10 bits per heavy atom. The van der Waals surface area contributed by atoms with Crippen molar-refractivity contribution >= 4 is 21.8 Å². The molecule has 0 radical (unpaired) electrons. The van der Waals surface area contributed by atoms with Crippen LogP contribution in [0.5, 0.6) is 0 Å². The van der Waals surface area contributed by atoms with E-state index in [9.17, 15) is 4.79 Å². The molecule has 152 valence electrons. The lowest BCUT2D eigenvalue weighted by molar-refractivity contribution is 0.0945. The van der Waals surface area contributed by atoms with Gasteiger partial charge in [0.2, 0.25) is 0 Å². The molecule has 6 nitrogen and oxygen atoms in total. The molecule has 3 rings (SSSR count). The van der Waals surface area contributed by atoms with Gasteiger partial charge in [-0.15, -0.1) is 5.10 Å². The van der Waals surface area contributed by atoms with Gasteiger partial charge in [-0.05, 0) is 49.3 Å². The van der Waals surface area contributed by atoms with Gasteiger partial charge >= 0.3 is 0 Å². The highest BCUT2D eigenvalue weighted by Gasteiger charge is 2.17. The fourth-order valence-electron chi connectivity index (χ4n) is 3.13. The molecule has 2 aromatic carbocycles. The van der Waals surface area contributed by atoms with E-state index in [1.165, 1.54) is 5.56 Å². The van der Waals surface area contributed by atoms with Gasteiger partial charge in [-0.2, -0.15) is 0 Å². The lowest BCUT2D eigenvalue weighted by atomic mass is 10.1. The van der Waals surface area contributed by atoms with Gasteiger partial charge in [-0.1, -0.05) is 65.3 Å². The van der Waals surface area contributed by atoms with Crippen LogP contribution in [-0.4, -0.2) is 38.9 Å². The third-order valence-corrected chi connectivity index (χ3v) is 5.43. The van der Waals surface area contributed by atoms with Crippen molar-refractivity contribution in [3.8, 4) is 5.69 Å². The molecule has 0 saturated heterocycles. The highest BCUT2D eigenvalue weighted by Crippen LogP contribution is 2.17. The summed E-state index contributed by atoms with van der Waals surface area (Å²) in [6, 6.07) is 16.1. The third kappa shape index (κ3) is 5.31. The number of carbonyl (C=O) groups excluding carboxylic acids is 1. The van der Waals surface area contributed by atoms with Crippen LogP contribution in [0.2, 0.25) is 0 Å². The lowest BCUT2D eigenvalue weighted by Gasteiger charge is -2.18. The molecular weight excluding hydrogens is 430 g/mol. The number of nitrogens with one attached hydrogen (secondary N) is 1. The van der Waals surface area contributed by atoms with Crippen molar-refractivity contribution in [2.75, 3.05) is 13.1 Å². The molecular formula is C22H26BrN5O. The number of amides is 1. The Labute approximate surface area is 180 Å². The van der Waals surface area contributed by atoms with Gasteiger partial charge in [0.05, 0.1) is 11.4 Å². The van der Waals surface area contributed by atoms with Crippen molar-refractivity contribution in [2.24, 2.45) is 0 Å². The quantitative estimate of drug-likeness (QED) is 0.554. The average Bonchev–Trinajstić information content (AvgIpc) is 3.12. The fraction of sp³-hybridized carbons (Fsp3) is 0.318. The number of nitrogens with zero attached hydrogens (tertiary/aromatic N) is 4. The van der Waals surface area contributed by atoms with E-state index in [4.69, 9.17) is 0 Å². The van der Waals surface area contributed by atoms with Crippen molar-refractivity contribution < 1.29 is 4.79 Å². The zero-order chi connectivity index (χ0) is 20.8. The van der Waals surface area contributed by atoms with Crippen molar-refractivity contribution in [1.29, 1.82) is 0 Å². The van der Waals surface area contributed by atoms with E-state index in [2.05, 4.69) is 74.6 Å². The highest BCUT2D eigenvalue weighted by molar-refractivity contribution is 9.10. The zero-order valence-electron chi connectivity index (χ0n) is 17.0. The molecule has 0 aliphatic heterocycles. The van der Waals surface area contributed by atoms with Crippen molar-refractivity contribution in [2.45, 2.75) is 33.9 Å². The van der Waals surface area contributed by atoms with Crippen LogP contribution in [0.3, 0.4) is 0 Å². The summed E-state index contributed by atoms with van der Waals surface area (Å²) in [7, 11) is 0. The maximum atomic E-state index is 12.6. The molecule has 0 bridgehead atoms. The first kappa shape index (κ1) is 21.2. The number of hydrogen-bond acceptors (Lipinski definition) is 4. The minimum Gasteiger partial charge on any atom is -0.347 e. The first-order chi connectivity index (χ1) is 14.0. The maximum Gasteiger partial charge on any atom is 0.274 e. The van der Waals surface area contributed by atoms with Gasteiger partial charge in [0.1, 0.15) is 0 Å². The lowest BCUT2D eigenvalue weighted by Crippen LogP contribution is -2.24. The Hall–Kier alpha value is -2.51. The highest BCUT2D eigenvalue weighted by atomic mass is 79.9. The molecule has 0 fully saturated rings. The van der Waals surface area contributed by atoms with Gasteiger partial charge in [-0.25, -0.2) is 4.68 Å². The number of hydrogen-bond donors (Lipinski definition) is 1. The summed E-state index contributed by atoms with van der Waals surface area (Å²) in [6.45, 7) is 9.65. The Morgan fingerprint density at radius 3 is 2.45 bits per heavy atom. The molecule has 0 saturated carbocycles. The Morgan fingerprint density at radius 2 is 1.79 bits per heavy atom. The molecule has 1 N–H and O–H groups in total. The first-order valence-corrected chi connectivity index (χ1v) is 10.6. The van der Waals surface area contributed by atoms with Crippen LogP contribution in [0.25, 0.3) is 5.69 Å². The second-order valence-electron chi connectivity index (χ2n) is 6.88. The number of halogens is 1. The van der Waals surface area contributed by atoms with Gasteiger partial charge in [-0.3, -0.25) is 9.69 Å². The average molecular weight is 456 g/mol. The van der Waals surface area contributed by atoms with Crippen LogP contribution >= 0.6 is 15.9 Å². The Balaban J connectivity index is 1.63. The predicted molar refractivity (Wildman–Crippen MR) is 118 cm³/mol. The molecule has 7 heteroatoms. The van der Waals surface area contributed by atoms with Gasteiger partial charge in [0.15, 0.2) is 5.69 Å². The van der Waals surface area contributed by atoms with Crippen LogP contribution in [0, 0.1) is 6.92 Å². The Bertz CT molecular complexity index is 964. The molecule has 3 aromatic rings. The second-order valence-corrected chi connectivity index (χ2v) is 7.79. The zero-order valence-corrected chi connectivity index (χ0v) is 18.6. The van der Waals surface area contributed by atoms with E-state index >= 15 is 0 Å². The van der Waals surface area contributed by atoms with Crippen LogP contribution in [0.15, 0.2) is 53.0 Å². The van der Waals surface area contributed by atoms with Crippen molar-refractivity contribution in [3.05, 3.63) is 75.5 Å². The normalized spacial score (nSPS) is 11.1. The minimum atomic E-state index is -0.226. The largest absolute Gasteiger partial charge is 0.347 e. The molecule has 0 aliphatic rings. The van der Waals surface area contributed by atoms with Crippen molar-refractivity contribution in [1.82, 2.24) is 25.2 Å². The second kappa shape index (κ2) is 9.80. The van der Waals surface area contributed by atoms with E-state index in [0.717, 1.165) is 35.4 Å². The van der Waals surface area contributed by atoms with E-state index < -0.39 is 0 Å². The number of carbonyl (C=O) groups is 1. The minimum absolute atomic E-state index is 0.226. The van der Waals surface area contributed by atoms with Gasteiger partial charge < -0.3 is 5.32 Å². The fourth-order valence-corrected chi connectivity index (χ4v) is 3.51. The number of aromatic nitrogens is 3. The molecule has 1 amide bonds.